The second kappa shape index (κ2) is 6.09. The van der Waals surface area contributed by atoms with Gasteiger partial charge >= 0.3 is 0 Å². The first-order valence-electron chi connectivity index (χ1n) is 6.81. The molecule has 0 bridgehead atoms. The van der Waals surface area contributed by atoms with Crippen LogP contribution in [0.5, 0.6) is 0 Å². The Hall–Kier alpha value is -1.81. The van der Waals surface area contributed by atoms with Gasteiger partial charge in [0.05, 0.1) is 0 Å². The summed E-state index contributed by atoms with van der Waals surface area (Å²) in [5.74, 6) is 1.09. The SMILES string of the molecule is O=C1/C(=C/C=C\c2ccccc2)N=C2SCCCCN12. The summed E-state index contributed by atoms with van der Waals surface area (Å²) >= 11 is 1.68. The van der Waals surface area contributed by atoms with Gasteiger partial charge in [-0.05, 0) is 24.5 Å². The van der Waals surface area contributed by atoms with E-state index in [9.17, 15) is 4.79 Å². The van der Waals surface area contributed by atoms with Gasteiger partial charge in [0.15, 0.2) is 5.17 Å². The monoisotopic (exact) mass is 284 g/mol. The highest BCUT2D eigenvalue weighted by atomic mass is 32.2. The molecule has 1 saturated heterocycles. The lowest BCUT2D eigenvalue weighted by molar-refractivity contribution is -0.122. The van der Waals surface area contributed by atoms with Gasteiger partial charge < -0.3 is 0 Å². The van der Waals surface area contributed by atoms with E-state index in [1.165, 1.54) is 0 Å². The number of allylic oxidation sites excluding steroid dienone is 2. The van der Waals surface area contributed by atoms with Crippen LogP contribution in [-0.2, 0) is 4.79 Å². The van der Waals surface area contributed by atoms with Gasteiger partial charge in [-0.15, -0.1) is 0 Å². The first-order chi connectivity index (χ1) is 9.84. The molecule has 0 unspecified atom stereocenters. The highest BCUT2D eigenvalue weighted by molar-refractivity contribution is 8.13. The number of hydrogen-bond acceptors (Lipinski definition) is 3. The number of rotatable bonds is 2. The Balaban J connectivity index is 1.76. The minimum Gasteiger partial charge on any atom is -0.286 e. The number of hydrogen-bond donors (Lipinski definition) is 0. The van der Waals surface area contributed by atoms with E-state index in [-0.39, 0.29) is 5.91 Å². The van der Waals surface area contributed by atoms with Crippen molar-refractivity contribution in [3.05, 3.63) is 53.7 Å². The van der Waals surface area contributed by atoms with Crippen molar-refractivity contribution >= 4 is 28.9 Å². The lowest BCUT2D eigenvalue weighted by atomic mass is 10.2. The van der Waals surface area contributed by atoms with Crippen LogP contribution in [0.2, 0.25) is 0 Å². The molecule has 1 aromatic carbocycles. The number of carbonyl (C=O) groups is 1. The quantitative estimate of drug-likeness (QED) is 0.781. The van der Waals surface area contributed by atoms with Gasteiger partial charge in [-0.1, -0.05) is 54.2 Å². The normalized spacial score (nSPS) is 21.2. The van der Waals surface area contributed by atoms with Crippen LogP contribution in [0.25, 0.3) is 6.08 Å². The number of thioether (sulfide) groups is 1. The van der Waals surface area contributed by atoms with Crippen LogP contribution in [0.3, 0.4) is 0 Å². The van der Waals surface area contributed by atoms with E-state index in [1.54, 1.807) is 22.7 Å². The van der Waals surface area contributed by atoms with Crippen LogP contribution >= 0.6 is 11.8 Å². The van der Waals surface area contributed by atoms with Crippen molar-refractivity contribution in [1.29, 1.82) is 0 Å². The van der Waals surface area contributed by atoms with E-state index in [1.807, 2.05) is 42.5 Å². The summed E-state index contributed by atoms with van der Waals surface area (Å²) < 4.78 is 0. The highest BCUT2D eigenvalue weighted by Gasteiger charge is 2.30. The zero-order valence-electron chi connectivity index (χ0n) is 11.2. The van der Waals surface area contributed by atoms with Crippen LogP contribution in [0.4, 0.5) is 0 Å². The third kappa shape index (κ3) is 2.85. The molecule has 0 aromatic heterocycles. The molecule has 0 spiro atoms. The molecule has 1 amide bonds. The van der Waals surface area contributed by atoms with E-state index in [4.69, 9.17) is 0 Å². The summed E-state index contributed by atoms with van der Waals surface area (Å²) in [4.78, 5) is 18.5. The number of nitrogens with zero attached hydrogens (tertiary/aromatic N) is 2. The Kier molecular flexibility index (Phi) is 4.02. The van der Waals surface area contributed by atoms with Gasteiger partial charge in [0, 0.05) is 12.3 Å². The van der Waals surface area contributed by atoms with Crippen molar-refractivity contribution in [2.75, 3.05) is 12.3 Å². The molecule has 3 rings (SSSR count). The number of benzene rings is 1. The standard InChI is InChI=1S/C16H16N2OS/c19-15-14(10-6-9-13-7-2-1-3-8-13)17-16-18(15)11-4-5-12-20-16/h1-3,6-10H,4-5,11-12H2/b9-6-,14-10-. The minimum absolute atomic E-state index is 0.0344. The van der Waals surface area contributed by atoms with E-state index >= 15 is 0 Å². The van der Waals surface area contributed by atoms with E-state index in [0.717, 1.165) is 35.9 Å². The first-order valence-corrected chi connectivity index (χ1v) is 7.80. The minimum atomic E-state index is 0.0344. The van der Waals surface area contributed by atoms with E-state index in [2.05, 4.69) is 4.99 Å². The van der Waals surface area contributed by atoms with Crippen molar-refractivity contribution in [3.8, 4) is 0 Å². The molecule has 0 N–H and O–H groups in total. The summed E-state index contributed by atoms with van der Waals surface area (Å²) in [7, 11) is 0. The molecule has 102 valence electrons. The Bertz CT molecular complexity index is 590. The fraction of sp³-hybridized carbons (Fsp3) is 0.250. The van der Waals surface area contributed by atoms with Crippen LogP contribution in [0, 0.1) is 0 Å². The second-order valence-electron chi connectivity index (χ2n) is 4.73. The van der Waals surface area contributed by atoms with Crippen LogP contribution in [-0.4, -0.2) is 28.3 Å². The maximum atomic E-state index is 12.2. The smallest absolute Gasteiger partial charge is 0.278 e. The van der Waals surface area contributed by atoms with Gasteiger partial charge in [-0.3, -0.25) is 9.69 Å². The highest BCUT2D eigenvalue weighted by Crippen LogP contribution is 2.26. The third-order valence-electron chi connectivity index (χ3n) is 3.26. The summed E-state index contributed by atoms with van der Waals surface area (Å²) in [5, 5.41) is 0.867. The Morgan fingerprint density at radius 1 is 1.20 bits per heavy atom. The summed E-state index contributed by atoms with van der Waals surface area (Å²) in [6.45, 7) is 0.796. The average Bonchev–Trinajstić information content (AvgIpc) is 2.66. The molecular formula is C16H16N2OS. The summed E-state index contributed by atoms with van der Waals surface area (Å²) in [5.41, 5.74) is 1.66. The number of carbonyl (C=O) groups excluding carboxylic acids is 1. The number of fused-ring (bicyclic) bond motifs is 1. The van der Waals surface area contributed by atoms with Crippen molar-refractivity contribution in [2.45, 2.75) is 12.8 Å². The van der Waals surface area contributed by atoms with Gasteiger partial charge in [0.1, 0.15) is 5.70 Å². The fourth-order valence-corrected chi connectivity index (χ4v) is 3.23. The molecule has 2 aliphatic rings. The topological polar surface area (TPSA) is 32.7 Å². The molecule has 2 heterocycles. The Morgan fingerprint density at radius 3 is 2.90 bits per heavy atom. The fourth-order valence-electron chi connectivity index (χ4n) is 2.20. The predicted molar refractivity (Wildman–Crippen MR) is 84.4 cm³/mol. The van der Waals surface area contributed by atoms with Crippen molar-refractivity contribution in [1.82, 2.24) is 4.90 Å². The molecule has 0 atom stereocenters. The van der Waals surface area contributed by atoms with Crippen LogP contribution in [0.15, 0.2) is 53.2 Å². The first kappa shape index (κ1) is 13.2. The Morgan fingerprint density at radius 2 is 2.05 bits per heavy atom. The van der Waals surface area contributed by atoms with E-state index < -0.39 is 0 Å². The predicted octanol–water partition coefficient (Wildman–Crippen LogP) is 3.31. The van der Waals surface area contributed by atoms with Crippen molar-refractivity contribution in [2.24, 2.45) is 4.99 Å². The molecule has 0 aliphatic carbocycles. The van der Waals surface area contributed by atoms with Crippen molar-refractivity contribution in [3.63, 3.8) is 0 Å². The van der Waals surface area contributed by atoms with Gasteiger partial charge in [-0.25, -0.2) is 4.99 Å². The largest absolute Gasteiger partial charge is 0.286 e. The second-order valence-corrected chi connectivity index (χ2v) is 5.79. The number of aliphatic imine (C=N–C) groups is 1. The molecular weight excluding hydrogens is 268 g/mol. The van der Waals surface area contributed by atoms with Gasteiger partial charge in [-0.2, -0.15) is 0 Å². The van der Waals surface area contributed by atoms with Gasteiger partial charge in [0.2, 0.25) is 0 Å². The van der Waals surface area contributed by atoms with Gasteiger partial charge in [0.25, 0.3) is 5.91 Å². The Labute approximate surface area is 123 Å². The molecule has 20 heavy (non-hydrogen) atoms. The molecule has 1 aromatic rings. The van der Waals surface area contributed by atoms with Crippen LogP contribution in [0.1, 0.15) is 18.4 Å². The summed E-state index contributed by atoms with van der Waals surface area (Å²) in [6, 6.07) is 10.0. The number of amides is 1. The zero-order valence-corrected chi connectivity index (χ0v) is 12.0. The van der Waals surface area contributed by atoms with Crippen LogP contribution < -0.4 is 0 Å². The third-order valence-corrected chi connectivity index (χ3v) is 4.32. The maximum absolute atomic E-state index is 12.2. The molecule has 2 aliphatic heterocycles. The zero-order chi connectivity index (χ0) is 13.8. The maximum Gasteiger partial charge on any atom is 0.278 e. The molecule has 4 heteroatoms. The molecule has 0 saturated carbocycles. The lowest BCUT2D eigenvalue weighted by Crippen LogP contribution is -2.30. The molecule has 1 fully saturated rings. The lowest BCUT2D eigenvalue weighted by Gasteiger charge is -2.12. The molecule has 0 radical (unpaired) electrons. The summed E-state index contributed by atoms with van der Waals surface area (Å²) in [6.07, 6.45) is 7.89. The average molecular weight is 284 g/mol. The van der Waals surface area contributed by atoms with Crippen molar-refractivity contribution < 1.29 is 4.79 Å². The number of amidine groups is 1. The van der Waals surface area contributed by atoms with E-state index in [0.29, 0.717) is 5.70 Å². The molecule has 3 nitrogen and oxygen atoms in total.